The molecule has 0 fully saturated rings. The van der Waals surface area contributed by atoms with Gasteiger partial charge in [0.1, 0.15) is 5.82 Å². The Morgan fingerprint density at radius 1 is 1.38 bits per heavy atom. The number of nitrogens with one attached hydrogen (secondary N) is 1. The molecule has 1 aromatic rings. The number of hydrogen-bond donors (Lipinski definition) is 1. The third kappa shape index (κ3) is 3.56. The zero-order chi connectivity index (χ0) is 12.3. The minimum Gasteiger partial charge on any atom is -0.316 e. The molecule has 0 aliphatic heterocycles. The molecule has 0 aliphatic carbocycles. The molecule has 1 aromatic carbocycles. The van der Waals surface area contributed by atoms with E-state index in [9.17, 15) is 4.39 Å². The Bertz CT molecular complexity index is 357. The van der Waals surface area contributed by atoms with Gasteiger partial charge in [-0.15, -0.1) is 0 Å². The highest BCUT2D eigenvalue weighted by atomic mass is 79.9. The SMILES string of the molecule is CNC(Cc1ccc(F)cc1Br)C(C)(C)C. The summed E-state index contributed by atoms with van der Waals surface area (Å²) in [5.74, 6) is -0.201. The molecule has 0 bridgehead atoms. The highest BCUT2D eigenvalue weighted by Gasteiger charge is 2.23. The first-order chi connectivity index (χ1) is 7.34. The molecule has 0 aromatic heterocycles. The summed E-state index contributed by atoms with van der Waals surface area (Å²) in [4.78, 5) is 0. The highest BCUT2D eigenvalue weighted by molar-refractivity contribution is 9.10. The van der Waals surface area contributed by atoms with Crippen LogP contribution in [0.1, 0.15) is 26.3 Å². The molecule has 0 amide bonds. The quantitative estimate of drug-likeness (QED) is 0.893. The molecule has 90 valence electrons. The van der Waals surface area contributed by atoms with E-state index < -0.39 is 0 Å². The van der Waals surface area contributed by atoms with Gasteiger partial charge in [0.05, 0.1) is 0 Å². The highest BCUT2D eigenvalue weighted by Crippen LogP contribution is 2.26. The van der Waals surface area contributed by atoms with Gasteiger partial charge in [0, 0.05) is 10.5 Å². The fraction of sp³-hybridized carbons (Fsp3) is 0.538. The lowest BCUT2D eigenvalue weighted by Gasteiger charge is -2.30. The summed E-state index contributed by atoms with van der Waals surface area (Å²) in [5, 5.41) is 3.32. The minimum atomic E-state index is -0.201. The normalized spacial score (nSPS) is 13.9. The smallest absolute Gasteiger partial charge is 0.124 e. The first-order valence-corrected chi connectivity index (χ1v) is 6.25. The molecule has 0 spiro atoms. The van der Waals surface area contributed by atoms with Crippen molar-refractivity contribution in [1.29, 1.82) is 0 Å². The van der Waals surface area contributed by atoms with Gasteiger partial charge in [0.2, 0.25) is 0 Å². The van der Waals surface area contributed by atoms with Gasteiger partial charge in [-0.2, -0.15) is 0 Å². The van der Waals surface area contributed by atoms with E-state index in [2.05, 4.69) is 42.0 Å². The van der Waals surface area contributed by atoms with Gasteiger partial charge in [0.15, 0.2) is 0 Å². The summed E-state index contributed by atoms with van der Waals surface area (Å²) >= 11 is 3.40. The van der Waals surface area contributed by atoms with Crippen molar-refractivity contribution in [2.75, 3.05) is 7.05 Å². The zero-order valence-electron chi connectivity index (χ0n) is 10.3. The molecule has 1 atom stereocenters. The van der Waals surface area contributed by atoms with E-state index in [-0.39, 0.29) is 11.2 Å². The molecule has 0 heterocycles. The van der Waals surface area contributed by atoms with Crippen molar-refractivity contribution in [1.82, 2.24) is 5.32 Å². The van der Waals surface area contributed by atoms with Crippen molar-refractivity contribution in [3.05, 3.63) is 34.1 Å². The van der Waals surface area contributed by atoms with Crippen molar-refractivity contribution < 1.29 is 4.39 Å². The number of likely N-dealkylation sites (N-methyl/N-ethyl adjacent to an activating group) is 1. The molecular formula is C13H19BrFN. The second kappa shape index (κ2) is 5.28. The van der Waals surface area contributed by atoms with Crippen molar-refractivity contribution in [3.63, 3.8) is 0 Å². The van der Waals surface area contributed by atoms with Gasteiger partial charge < -0.3 is 5.32 Å². The number of benzene rings is 1. The molecule has 0 saturated carbocycles. The Kier molecular flexibility index (Phi) is 4.51. The van der Waals surface area contributed by atoms with Gasteiger partial charge in [-0.1, -0.05) is 42.8 Å². The summed E-state index contributed by atoms with van der Waals surface area (Å²) in [6.45, 7) is 6.60. The van der Waals surface area contributed by atoms with Crippen molar-refractivity contribution in [2.24, 2.45) is 5.41 Å². The minimum absolute atomic E-state index is 0.183. The predicted molar refractivity (Wildman–Crippen MR) is 70.1 cm³/mol. The number of rotatable bonds is 3. The number of halogens is 2. The van der Waals surface area contributed by atoms with Crippen LogP contribution in [0.4, 0.5) is 4.39 Å². The van der Waals surface area contributed by atoms with Gasteiger partial charge in [-0.3, -0.25) is 0 Å². The second-order valence-corrected chi connectivity index (χ2v) is 6.00. The maximum absolute atomic E-state index is 13.0. The fourth-order valence-electron chi connectivity index (χ4n) is 1.75. The third-order valence-electron chi connectivity index (χ3n) is 2.83. The van der Waals surface area contributed by atoms with Crippen LogP contribution in [0.25, 0.3) is 0 Å². The van der Waals surface area contributed by atoms with E-state index in [1.807, 2.05) is 13.1 Å². The van der Waals surface area contributed by atoms with E-state index >= 15 is 0 Å². The van der Waals surface area contributed by atoms with Gasteiger partial charge in [-0.05, 0) is 36.6 Å². The standard InChI is InChI=1S/C13H19BrFN/c1-13(2,3)12(16-4)7-9-5-6-10(15)8-11(9)14/h5-6,8,12,16H,7H2,1-4H3. The van der Waals surface area contributed by atoms with Crippen LogP contribution in [0.5, 0.6) is 0 Å². The molecule has 16 heavy (non-hydrogen) atoms. The molecule has 0 radical (unpaired) electrons. The maximum atomic E-state index is 13.0. The van der Waals surface area contributed by atoms with Crippen LogP contribution >= 0.6 is 15.9 Å². The number of hydrogen-bond acceptors (Lipinski definition) is 1. The average molecular weight is 288 g/mol. The summed E-state index contributed by atoms with van der Waals surface area (Å²) in [5.41, 5.74) is 1.32. The molecule has 3 heteroatoms. The monoisotopic (exact) mass is 287 g/mol. The van der Waals surface area contributed by atoms with E-state index in [0.717, 1.165) is 16.5 Å². The van der Waals surface area contributed by atoms with Crippen LogP contribution in [0, 0.1) is 11.2 Å². The summed E-state index contributed by atoms with van der Waals surface area (Å²) < 4.78 is 13.8. The molecule has 1 N–H and O–H groups in total. The molecule has 1 unspecified atom stereocenters. The lowest BCUT2D eigenvalue weighted by molar-refractivity contribution is 0.279. The third-order valence-corrected chi connectivity index (χ3v) is 3.57. The van der Waals surface area contributed by atoms with E-state index in [1.54, 1.807) is 0 Å². The molecule has 1 rings (SSSR count). The fourth-order valence-corrected chi connectivity index (χ4v) is 2.26. The van der Waals surface area contributed by atoms with Crippen LogP contribution in [-0.4, -0.2) is 13.1 Å². The predicted octanol–water partition coefficient (Wildman–Crippen LogP) is 3.76. The van der Waals surface area contributed by atoms with Crippen LogP contribution in [-0.2, 0) is 6.42 Å². The van der Waals surface area contributed by atoms with Crippen LogP contribution in [0.3, 0.4) is 0 Å². The lowest BCUT2D eigenvalue weighted by Crippen LogP contribution is -2.39. The van der Waals surface area contributed by atoms with E-state index in [1.165, 1.54) is 12.1 Å². The Morgan fingerprint density at radius 2 is 2.00 bits per heavy atom. The maximum Gasteiger partial charge on any atom is 0.124 e. The Labute approximate surface area is 106 Å². The largest absolute Gasteiger partial charge is 0.316 e. The topological polar surface area (TPSA) is 12.0 Å². The second-order valence-electron chi connectivity index (χ2n) is 5.15. The Hall–Kier alpha value is -0.410. The Balaban J connectivity index is 2.86. The average Bonchev–Trinajstić information content (AvgIpc) is 2.14. The van der Waals surface area contributed by atoms with Crippen LogP contribution in [0.2, 0.25) is 0 Å². The first kappa shape index (κ1) is 13.7. The zero-order valence-corrected chi connectivity index (χ0v) is 11.9. The molecule has 1 nitrogen and oxygen atoms in total. The molecule has 0 aliphatic rings. The summed E-state index contributed by atoms with van der Waals surface area (Å²) in [6.07, 6.45) is 0.890. The summed E-state index contributed by atoms with van der Waals surface area (Å²) in [7, 11) is 1.97. The lowest BCUT2D eigenvalue weighted by atomic mass is 9.83. The van der Waals surface area contributed by atoms with Gasteiger partial charge in [0.25, 0.3) is 0 Å². The van der Waals surface area contributed by atoms with Crippen LogP contribution in [0.15, 0.2) is 22.7 Å². The van der Waals surface area contributed by atoms with Gasteiger partial charge in [-0.25, -0.2) is 4.39 Å². The van der Waals surface area contributed by atoms with Crippen LogP contribution < -0.4 is 5.32 Å². The van der Waals surface area contributed by atoms with Crippen molar-refractivity contribution in [3.8, 4) is 0 Å². The molecular weight excluding hydrogens is 269 g/mol. The van der Waals surface area contributed by atoms with Crippen molar-refractivity contribution in [2.45, 2.75) is 33.2 Å². The summed E-state index contributed by atoms with van der Waals surface area (Å²) in [6, 6.07) is 5.24. The van der Waals surface area contributed by atoms with Gasteiger partial charge >= 0.3 is 0 Å². The van der Waals surface area contributed by atoms with E-state index in [0.29, 0.717) is 6.04 Å². The first-order valence-electron chi connectivity index (χ1n) is 5.46. The Morgan fingerprint density at radius 3 is 2.44 bits per heavy atom. The molecule has 0 saturated heterocycles. The van der Waals surface area contributed by atoms with E-state index in [4.69, 9.17) is 0 Å². The van der Waals surface area contributed by atoms with Crippen molar-refractivity contribution >= 4 is 15.9 Å².